The molecule has 10 nitrogen and oxygen atoms in total. The topological polar surface area (TPSA) is 87.4 Å². The summed E-state index contributed by atoms with van der Waals surface area (Å²) in [7, 11) is 6.24. The fourth-order valence-electron chi connectivity index (χ4n) is 12.1. The first kappa shape index (κ1) is 44.2. The molecule has 3 atom stereocenters. The van der Waals surface area contributed by atoms with Gasteiger partial charge in [-0.05, 0) is 124 Å². The molecule has 8 aromatic rings. The Labute approximate surface area is 415 Å². The summed E-state index contributed by atoms with van der Waals surface area (Å²) in [6.45, 7) is 13.3. The van der Waals surface area contributed by atoms with Crippen molar-refractivity contribution in [3.05, 3.63) is 181 Å². The minimum absolute atomic E-state index is 0.185. The number of ether oxygens (including phenoxy) is 3. The molecule has 0 N–H and O–H groups in total. The summed E-state index contributed by atoms with van der Waals surface area (Å²) >= 11 is 0. The Kier molecular flexibility index (Phi) is 9.66. The summed E-state index contributed by atoms with van der Waals surface area (Å²) in [5.41, 5.74) is 8.56. The molecule has 14 rings (SSSR count). The molecule has 3 spiro atoms. The van der Waals surface area contributed by atoms with Gasteiger partial charge < -0.3 is 28.9 Å². The van der Waals surface area contributed by atoms with Crippen LogP contribution in [0.3, 0.4) is 0 Å². The summed E-state index contributed by atoms with van der Waals surface area (Å²) in [6, 6.07) is 53.8. The van der Waals surface area contributed by atoms with Crippen LogP contribution >= 0.6 is 0 Å². The lowest BCUT2D eigenvalue weighted by Gasteiger charge is -2.45. The number of likely N-dealkylation sites (N-methyl/N-ethyl adjacent to an activating group) is 3. The maximum absolute atomic E-state index is 6.68. The predicted molar refractivity (Wildman–Crippen MR) is 290 cm³/mol. The Bertz CT molecular complexity index is 3390. The number of aromatic nitrogens is 1. The van der Waals surface area contributed by atoms with E-state index in [1.54, 1.807) is 6.20 Å². The van der Waals surface area contributed by atoms with Crippen LogP contribution in [-0.4, -0.2) is 61.9 Å². The molecule has 7 aromatic carbocycles. The standard InChI is InChI=1S/C22H20N2O.C21H19N3O.C18H18N2O/c1-21(2)17-10-6-7-11-18(17)24(3)22(21)14-23-20-16-9-5-4-8-15(16)12-13-19(20)25-22;1-20(2)15-8-4-5-9-17(15)24(3)21(20)13-23-19-14-7-6-12-22-16(14)10-11-18(19)25-21;1-17(2)13-8-4-6-10-15(13)20(3)18(17)12-19-14-9-5-7-11-16(14)21-18/h4-14H,1-3H3;4-13H,1-3H3;4-12H,1-3H3. The highest BCUT2D eigenvalue weighted by Gasteiger charge is 2.61. The van der Waals surface area contributed by atoms with Crippen LogP contribution in [0.2, 0.25) is 0 Å². The average Bonchev–Trinajstić information content (AvgIpc) is 3.75. The molecule has 10 heteroatoms. The molecule has 0 radical (unpaired) electrons. The molecule has 0 amide bonds. The van der Waals surface area contributed by atoms with Gasteiger partial charge in [-0.3, -0.25) is 20.0 Å². The lowest BCUT2D eigenvalue weighted by molar-refractivity contribution is 0.0824. The summed E-state index contributed by atoms with van der Waals surface area (Å²) in [5, 5.41) is 3.32. The number of fused-ring (bicyclic) bond motifs is 10. The first-order valence-electron chi connectivity index (χ1n) is 24.4. The van der Waals surface area contributed by atoms with Crippen LogP contribution in [0.4, 0.5) is 34.1 Å². The number of pyridine rings is 1. The van der Waals surface area contributed by atoms with E-state index in [-0.39, 0.29) is 16.2 Å². The van der Waals surface area contributed by atoms with Crippen molar-refractivity contribution in [2.24, 2.45) is 15.0 Å². The van der Waals surface area contributed by atoms with Gasteiger partial charge in [-0.2, -0.15) is 0 Å². The number of para-hydroxylation sites is 5. The SMILES string of the molecule is CN1c2ccccc2C(C)(C)C12C=Nc1c(ccc3ccccc13)O2.CN1c2ccccc2C(C)(C)C12C=Nc1c(ccc3ncccc13)O2.CN1c2ccccc2C(C)(C)C12C=Nc1ccccc1O2. The molecule has 71 heavy (non-hydrogen) atoms. The van der Waals surface area contributed by atoms with Gasteiger partial charge in [0.05, 0.1) is 40.4 Å². The van der Waals surface area contributed by atoms with Crippen LogP contribution in [0.15, 0.2) is 179 Å². The normalized spacial score (nSPS) is 23.3. The van der Waals surface area contributed by atoms with Gasteiger partial charge in [0.25, 0.3) is 0 Å². The molecular weight excluding hydrogens is 879 g/mol. The van der Waals surface area contributed by atoms with Gasteiger partial charge in [0.2, 0.25) is 17.2 Å². The molecular formula is C61H57N7O3. The predicted octanol–water partition coefficient (Wildman–Crippen LogP) is 13.4. The summed E-state index contributed by atoms with van der Waals surface area (Å²) in [4.78, 5) is 25.4. The molecule has 6 aliphatic heterocycles. The number of rotatable bonds is 0. The number of benzene rings is 7. The van der Waals surface area contributed by atoms with Crippen molar-refractivity contribution >= 4 is 74.4 Å². The van der Waals surface area contributed by atoms with Crippen molar-refractivity contribution in [2.75, 3.05) is 35.8 Å². The second-order valence-electron chi connectivity index (χ2n) is 20.9. The van der Waals surface area contributed by atoms with Gasteiger partial charge in [-0.1, -0.05) is 97.1 Å². The summed E-state index contributed by atoms with van der Waals surface area (Å²) in [6.07, 6.45) is 7.70. The number of hydrogen-bond acceptors (Lipinski definition) is 10. The number of anilines is 3. The lowest BCUT2D eigenvalue weighted by Crippen LogP contribution is -2.61. The summed E-state index contributed by atoms with van der Waals surface area (Å²) in [5.74, 6) is 2.48. The van der Waals surface area contributed by atoms with E-state index in [4.69, 9.17) is 24.2 Å². The Balaban J connectivity index is 0.000000110. The Hall–Kier alpha value is -7.98. The van der Waals surface area contributed by atoms with Crippen LogP contribution in [0, 0.1) is 0 Å². The fraction of sp³-hybridized carbons (Fsp3) is 0.246. The van der Waals surface area contributed by atoms with E-state index < -0.39 is 17.2 Å². The van der Waals surface area contributed by atoms with Crippen LogP contribution in [0.25, 0.3) is 21.7 Å². The van der Waals surface area contributed by atoms with Gasteiger partial charge in [0.15, 0.2) is 0 Å². The van der Waals surface area contributed by atoms with E-state index in [2.05, 4.69) is 178 Å². The Morgan fingerprint density at radius 2 is 0.803 bits per heavy atom. The highest BCUT2D eigenvalue weighted by molar-refractivity contribution is 6.01. The monoisotopic (exact) mass is 935 g/mol. The van der Waals surface area contributed by atoms with Crippen LogP contribution in [0.1, 0.15) is 58.2 Å². The third-order valence-corrected chi connectivity index (χ3v) is 16.4. The molecule has 1 aromatic heterocycles. The van der Waals surface area contributed by atoms with Crippen molar-refractivity contribution in [3.8, 4) is 17.2 Å². The molecule has 0 saturated heterocycles. The second kappa shape index (κ2) is 15.5. The van der Waals surface area contributed by atoms with E-state index in [0.717, 1.165) is 50.6 Å². The number of aliphatic imine (C=N–C) groups is 3. The quantitative estimate of drug-likeness (QED) is 0.150. The molecule has 3 unspecified atom stereocenters. The zero-order valence-corrected chi connectivity index (χ0v) is 41.7. The highest BCUT2D eigenvalue weighted by Crippen LogP contribution is 2.57. The third kappa shape index (κ3) is 6.06. The smallest absolute Gasteiger partial charge is 0.228 e. The largest absolute Gasteiger partial charge is 0.459 e. The molecule has 6 aliphatic rings. The van der Waals surface area contributed by atoms with Gasteiger partial charge >= 0.3 is 0 Å². The maximum atomic E-state index is 6.68. The molecule has 0 aliphatic carbocycles. The molecule has 0 saturated carbocycles. The van der Waals surface area contributed by atoms with Crippen molar-refractivity contribution < 1.29 is 14.2 Å². The first-order chi connectivity index (χ1) is 34.2. The fourth-order valence-corrected chi connectivity index (χ4v) is 12.1. The average molecular weight is 936 g/mol. The maximum Gasteiger partial charge on any atom is 0.228 e. The van der Waals surface area contributed by atoms with Crippen molar-refractivity contribution in [1.82, 2.24) is 4.98 Å². The molecule has 7 heterocycles. The van der Waals surface area contributed by atoms with E-state index >= 15 is 0 Å². The number of nitrogens with zero attached hydrogens (tertiary/aromatic N) is 7. The van der Waals surface area contributed by atoms with Crippen molar-refractivity contribution in [3.63, 3.8) is 0 Å². The highest BCUT2D eigenvalue weighted by atomic mass is 16.5. The van der Waals surface area contributed by atoms with Crippen molar-refractivity contribution in [2.45, 2.75) is 75.0 Å². The van der Waals surface area contributed by atoms with E-state index in [1.165, 1.54) is 39.1 Å². The van der Waals surface area contributed by atoms with E-state index in [9.17, 15) is 0 Å². The van der Waals surface area contributed by atoms with E-state index in [1.807, 2.05) is 85.4 Å². The first-order valence-corrected chi connectivity index (χ1v) is 24.4. The van der Waals surface area contributed by atoms with Gasteiger partial charge in [0.1, 0.15) is 34.3 Å². The lowest BCUT2D eigenvalue weighted by atomic mass is 9.77. The van der Waals surface area contributed by atoms with Crippen LogP contribution < -0.4 is 28.9 Å². The molecule has 0 fully saturated rings. The van der Waals surface area contributed by atoms with Crippen molar-refractivity contribution in [1.29, 1.82) is 0 Å². The minimum Gasteiger partial charge on any atom is -0.459 e. The zero-order chi connectivity index (χ0) is 49.1. The number of hydrogen-bond donors (Lipinski definition) is 0. The second-order valence-corrected chi connectivity index (χ2v) is 20.9. The molecule has 0 bridgehead atoms. The zero-order valence-electron chi connectivity index (χ0n) is 41.7. The van der Waals surface area contributed by atoms with E-state index in [0.29, 0.717) is 0 Å². The third-order valence-electron chi connectivity index (χ3n) is 16.4. The van der Waals surface area contributed by atoms with Crippen LogP contribution in [-0.2, 0) is 16.2 Å². The Morgan fingerprint density at radius 1 is 0.380 bits per heavy atom. The van der Waals surface area contributed by atoms with Gasteiger partial charge in [-0.25, -0.2) is 0 Å². The molecule has 354 valence electrons. The van der Waals surface area contributed by atoms with Crippen LogP contribution in [0.5, 0.6) is 17.2 Å². The minimum atomic E-state index is -0.639. The van der Waals surface area contributed by atoms with Gasteiger partial charge in [0, 0.05) is 55.2 Å². The Morgan fingerprint density at radius 3 is 1.35 bits per heavy atom. The van der Waals surface area contributed by atoms with Gasteiger partial charge in [-0.15, -0.1) is 0 Å². The summed E-state index contributed by atoms with van der Waals surface area (Å²) < 4.78 is 19.8.